The van der Waals surface area contributed by atoms with E-state index in [1.54, 1.807) is 6.92 Å². The van der Waals surface area contributed by atoms with Crippen molar-refractivity contribution in [2.24, 2.45) is 0 Å². The third-order valence-electron chi connectivity index (χ3n) is 4.75. The molecule has 3 N–H and O–H groups in total. The lowest BCUT2D eigenvalue weighted by Gasteiger charge is -2.08. The number of carboxylic acids is 2. The number of hydrogen-bond donors (Lipinski definition) is 3. The predicted molar refractivity (Wildman–Crippen MR) is 116 cm³/mol. The lowest BCUT2D eigenvalue weighted by molar-refractivity contribution is -0.121. The Balaban J connectivity index is 2.07. The number of carbonyl (C=O) groups excluding carboxylic acids is 2. The zero-order chi connectivity index (χ0) is 23.1. The molecule has 0 saturated heterocycles. The Labute approximate surface area is 183 Å². The molecule has 0 aliphatic heterocycles. The van der Waals surface area contributed by atoms with Gasteiger partial charge >= 0.3 is 11.9 Å². The summed E-state index contributed by atoms with van der Waals surface area (Å²) in [7, 11) is 0. The van der Waals surface area contributed by atoms with Crippen LogP contribution in [0.4, 0.5) is 0 Å². The Kier molecular flexibility index (Phi) is 12.6. The van der Waals surface area contributed by atoms with E-state index in [-0.39, 0.29) is 28.6 Å². The summed E-state index contributed by atoms with van der Waals surface area (Å²) in [5.41, 5.74) is -0.223. The number of amides is 1. The Morgan fingerprint density at radius 3 is 1.87 bits per heavy atom. The molecule has 0 aliphatic rings. The zero-order valence-corrected chi connectivity index (χ0v) is 18.2. The van der Waals surface area contributed by atoms with Crippen LogP contribution in [-0.4, -0.2) is 47.0 Å². The fourth-order valence-corrected chi connectivity index (χ4v) is 3.04. The highest BCUT2D eigenvalue weighted by atomic mass is 16.5. The molecule has 1 amide bonds. The maximum Gasteiger partial charge on any atom is 0.335 e. The lowest BCUT2D eigenvalue weighted by atomic mass is 10.1. The Bertz CT molecular complexity index is 713. The SMILES string of the molecule is CC(=O)CCCNC(=O)CCCCCCCCCOc1cc(C(=O)O)cc(C(=O)O)c1. The van der Waals surface area contributed by atoms with Crippen LogP contribution in [0.25, 0.3) is 0 Å². The van der Waals surface area contributed by atoms with E-state index >= 15 is 0 Å². The van der Waals surface area contributed by atoms with Gasteiger partial charge in [0.05, 0.1) is 17.7 Å². The topological polar surface area (TPSA) is 130 Å². The fraction of sp³-hybridized carbons (Fsp3) is 0.565. The second kappa shape index (κ2) is 15.0. The van der Waals surface area contributed by atoms with Gasteiger partial charge in [-0.3, -0.25) is 4.79 Å². The van der Waals surface area contributed by atoms with E-state index in [0.29, 0.717) is 32.4 Å². The minimum atomic E-state index is -1.20. The van der Waals surface area contributed by atoms with Gasteiger partial charge in [-0.2, -0.15) is 0 Å². The van der Waals surface area contributed by atoms with Gasteiger partial charge in [-0.25, -0.2) is 9.59 Å². The first kappa shape index (κ1) is 26.1. The van der Waals surface area contributed by atoms with Crippen molar-refractivity contribution in [3.8, 4) is 5.75 Å². The normalized spacial score (nSPS) is 10.5. The van der Waals surface area contributed by atoms with Gasteiger partial charge in [0.25, 0.3) is 0 Å². The number of Topliss-reactive ketones (excluding diaryl/α,β-unsaturated/α-hetero) is 1. The number of rotatable bonds is 17. The van der Waals surface area contributed by atoms with E-state index < -0.39 is 11.9 Å². The third kappa shape index (κ3) is 12.4. The fourth-order valence-electron chi connectivity index (χ4n) is 3.04. The molecular weight excluding hydrogens is 402 g/mol. The van der Waals surface area contributed by atoms with E-state index in [9.17, 15) is 19.2 Å². The molecule has 0 aliphatic carbocycles. The van der Waals surface area contributed by atoms with Crippen LogP contribution in [-0.2, 0) is 9.59 Å². The number of ether oxygens (including phenoxy) is 1. The molecule has 1 aromatic rings. The van der Waals surface area contributed by atoms with Crippen LogP contribution in [0.1, 0.15) is 91.8 Å². The summed E-state index contributed by atoms with van der Waals surface area (Å²) in [4.78, 5) is 44.6. The van der Waals surface area contributed by atoms with Crippen molar-refractivity contribution >= 4 is 23.6 Å². The number of benzene rings is 1. The molecule has 0 radical (unpaired) electrons. The second-order valence-corrected chi connectivity index (χ2v) is 7.59. The predicted octanol–water partition coefficient (Wildman–Crippen LogP) is 4.07. The minimum absolute atomic E-state index is 0.0405. The lowest BCUT2D eigenvalue weighted by Crippen LogP contribution is -2.24. The largest absolute Gasteiger partial charge is 0.494 e. The molecule has 1 rings (SSSR count). The van der Waals surface area contributed by atoms with Crippen LogP contribution in [0.5, 0.6) is 5.75 Å². The van der Waals surface area contributed by atoms with Gasteiger partial charge in [0.1, 0.15) is 11.5 Å². The molecule has 0 aromatic heterocycles. The van der Waals surface area contributed by atoms with Crippen molar-refractivity contribution in [2.75, 3.05) is 13.2 Å². The first-order valence-corrected chi connectivity index (χ1v) is 10.8. The molecular formula is C23H33NO7. The van der Waals surface area contributed by atoms with Crippen LogP contribution >= 0.6 is 0 Å². The second-order valence-electron chi connectivity index (χ2n) is 7.59. The summed E-state index contributed by atoms with van der Waals surface area (Å²) in [6.07, 6.45) is 8.48. The van der Waals surface area contributed by atoms with Crippen LogP contribution < -0.4 is 10.1 Å². The van der Waals surface area contributed by atoms with Gasteiger partial charge in [0.2, 0.25) is 5.91 Å². The maximum absolute atomic E-state index is 11.7. The number of carbonyl (C=O) groups is 4. The Morgan fingerprint density at radius 1 is 0.774 bits per heavy atom. The van der Waals surface area contributed by atoms with Crippen molar-refractivity contribution in [1.29, 1.82) is 0 Å². The molecule has 0 spiro atoms. The highest BCUT2D eigenvalue weighted by molar-refractivity contribution is 5.94. The quantitative estimate of drug-likeness (QED) is 0.314. The number of unbranched alkanes of at least 4 members (excludes halogenated alkanes) is 6. The van der Waals surface area contributed by atoms with Crippen LogP contribution in [0, 0.1) is 0 Å². The Morgan fingerprint density at radius 2 is 1.32 bits per heavy atom. The maximum atomic E-state index is 11.7. The molecule has 0 heterocycles. The molecule has 1 aromatic carbocycles. The number of hydrogen-bond acceptors (Lipinski definition) is 5. The molecule has 0 fully saturated rings. The van der Waals surface area contributed by atoms with E-state index in [1.165, 1.54) is 12.1 Å². The number of carboxylic acid groups (broad SMARTS) is 2. The smallest absolute Gasteiger partial charge is 0.335 e. The first-order valence-electron chi connectivity index (χ1n) is 10.8. The average Bonchev–Trinajstić information content (AvgIpc) is 2.72. The van der Waals surface area contributed by atoms with E-state index in [2.05, 4.69) is 5.32 Å². The highest BCUT2D eigenvalue weighted by Gasteiger charge is 2.12. The van der Waals surface area contributed by atoms with Crippen molar-refractivity contribution < 1.29 is 34.1 Å². The molecule has 0 saturated carbocycles. The summed E-state index contributed by atoms with van der Waals surface area (Å²) in [5.74, 6) is -1.96. The summed E-state index contributed by atoms with van der Waals surface area (Å²) >= 11 is 0. The van der Waals surface area contributed by atoms with Gasteiger partial charge in [-0.1, -0.05) is 32.1 Å². The molecule has 0 unspecified atom stereocenters. The van der Waals surface area contributed by atoms with Gasteiger partial charge in [0.15, 0.2) is 0 Å². The number of aromatic carboxylic acids is 2. The van der Waals surface area contributed by atoms with E-state index in [1.807, 2.05) is 0 Å². The summed E-state index contributed by atoms with van der Waals surface area (Å²) in [6.45, 7) is 2.50. The van der Waals surface area contributed by atoms with Crippen molar-refractivity contribution in [1.82, 2.24) is 5.32 Å². The van der Waals surface area contributed by atoms with Crippen molar-refractivity contribution in [3.63, 3.8) is 0 Å². The van der Waals surface area contributed by atoms with Crippen LogP contribution in [0.3, 0.4) is 0 Å². The van der Waals surface area contributed by atoms with E-state index in [4.69, 9.17) is 14.9 Å². The zero-order valence-electron chi connectivity index (χ0n) is 18.2. The summed E-state index contributed by atoms with van der Waals surface area (Å²) < 4.78 is 5.52. The van der Waals surface area contributed by atoms with Gasteiger partial charge in [-0.05, 0) is 44.4 Å². The van der Waals surface area contributed by atoms with Gasteiger partial charge in [0, 0.05) is 19.4 Å². The Hall–Kier alpha value is -2.90. The monoisotopic (exact) mass is 435 g/mol. The average molecular weight is 436 g/mol. The minimum Gasteiger partial charge on any atom is -0.494 e. The highest BCUT2D eigenvalue weighted by Crippen LogP contribution is 2.18. The number of ketones is 1. The summed E-state index contributed by atoms with van der Waals surface area (Å²) in [6, 6.07) is 3.76. The molecule has 0 bridgehead atoms. The van der Waals surface area contributed by atoms with E-state index in [0.717, 1.165) is 51.0 Å². The molecule has 8 nitrogen and oxygen atoms in total. The molecule has 0 atom stereocenters. The van der Waals surface area contributed by atoms with Gasteiger partial charge in [-0.15, -0.1) is 0 Å². The number of nitrogens with one attached hydrogen (secondary N) is 1. The van der Waals surface area contributed by atoms with Crippen molar-refractivity contribution in [2.45, 2.75) is 71.1 Å². The van der Waals surface area contributed by atoms with Gasteiger partial charge < -0.3 is 25.1 Å². The molecule has 31 heavy (non-hydrogen) atoms. The van der Waals surface area contributed by atoms with Crippen LogP contribution in [0.2, 0.25) is 0 Å². The first-order chi connectivity index (χ1) is 14.8. The van der Waals surface area contributed by atoms with Crippen molar-refractivity contribution in [3.05, 3.63) is 29.3 Å². The summed E-state index contributed by atoms with van der Waals surface area (Å²) in [5, 5.41) is 20.9. The standard InChI is InChI=1S/C23H33NO7/c1-17(25)10-9-12-24-21(26)11-7-5-3-2-4-6-8-13-31-20-15-18(22(27)28)14-19(16-20)23(29)30/h14-16H,2-13H2,1H3,(H,24,26)(H,27,28)(H,29,30). The third-order valence-corrected chi connectivity index (χ3v) is 4.75. The molecule has 172 valence electrons. The molecule has 8 heteroatoms. The van der Waals surface area contributed by atoms with Crippen LogP contribution in [0.15, 0.2) is 18.2 Å².